The second-order valence-corrected chi connectivity index (χ2v) is 11.0. The van der Waals surface area contributed by atoms with E-state index in [1.165, 1.54) is 5.56 Å². The van der Waals surface area contributed by atoms with Gasteiger partial charge in [-0.3, -0.25) is 0 Å². The van der Waals surface area contributed by atoms with Crippen molar-refractivity contribution in [2.45, 2.75) is 65.1 Å². The van der Waals surface area contributed by atoms with E-state index in [4.69, 9.17) is 13.7 Å². The lowest BCUT2D eigenvalue weighted by molar-refractivity contribution is 0.00578. The van der Waals surface area contributed by atoms with Crippen LogP contribution in [0.4, 0.5) is 11.4 Å². The van der Waals surface area contributed by atoms with Crippen molar-refractivity contribution >= 4 is 45.9 Å². The third-order valence-corrected chi connectivity index (χ3v) is 7.10. The van der Waals surface area contributed by atoms with Crippen LogP contribution in [0.25, 0.3) is 21.9 Å². The highest BCUT2D eigenvalue weighted by Gasteiger charge is 2.53. The monoisotopic (exact) mass is 441 g/mol. The van der Waals surface area contributed by atoms with Crippen LogP contribution >= 0.6 is 0 Å². The molecule has 5 rings (SSSR count). The molecule has 1 aromatic heterocycles. The number of fused-ring (bicyclic) bond motifs is 3. The Bertz CT molecular complexity index is 1310. The fraction of sp³-hybridized carbons (Fsp3) is 0.357. The Labute approximate surface area is 196 Å². The molecule has 0 aliphatic carbocycles. The van der Waals surface area contributed by atoms with Gasteiger partial charge >= 0.3 is 7.12 Å². The molecule has 4 nitrogen and oxygen atoms in total. The second-order valence-electron chi connectivity index (χ2n) is 11.0. The van der Waals surface area contributed by atoms with E-state index in [-0.39, 0.29) is 5.41 Å². The normalized spacial score (nSPS) is 17.7. The first-order valence-electron chi connectivity index (χ1n) is 11.6. The van der Waals surface area contributed by atoms with Crippen LogP contribution in [0.5, 0.6) is 0 Å². The van der Waals surface area contributed by atoms with E-state index in [0.717, 1.165) is 38.8 Å². The van der Waals surface area contributed by atoms with Gasteiger partial charge in [-0.1, -0.05) is 51.1 Å². The van der Waals surface area contributed by atoms with Crippen LogP contribution in [0.1, 0.15) is 54.0 Å². The summed E-state index contributed by atoms with van der Waals surface area (Å²) in [4.78, 5) is 0. The van der Waals surface area contributed by atoms with Crippen molar-refractivity contribution in [2.75, 3.05) is 5.32 Å². The molecule has 170 valence electrons. The molecule has 5 heteroatoms. The van der Waals surface area contributed by atoms with Gasteiger partial charge in [-0.05, 0) is 69.0 Å². The molecule has 1 aliphatic rings. The zero-order valence-electron chi connectivity index (χ0n) is 20.6. The average Bonchev–Trinajstić information content (AvgIpc) is 3.21. The Morgan fingerprint density at radius 2 is 1.39 bits per heavy atom. The summed E-state index contributed by atoms with van der Waals surface area (Å²) in [7, 11) is -0.518. The molecule has 0 amide bonds. The molecule has 33 heavy (non-hydrogen) atoms. The van der Waals surface area contributed by atoms with Gasteiger partial charge in [-0.25, -0.2) is 0 Å². The number of furan rings is 1. The van der Waals surface area contributed by atoms with Crippen LogP contribution in [-0.4, -0.2) is 18.3 Å². The van der Waals surface area contributed by atoms with E-state index >= 15 is 0 Å². The van der Waals surface area contributed by atoms with Crippen molar-refractivity contribution in [1.29, 1.82) is 0 Å². The Kier molecular flexibility index (Phi) is 4.93. The zero-order chi connectivity index (χ0) is 23.6. The Morgan fingerprint density at radius 3 is 2.03 bits per heavy atom. The molecule has 0 unspecified atom stereocenters. The largest absolute Gasteiger partial charge is 0.497 e. The lowest BCUT2D eigenvalue weighted by atomic mass is 9.75. The molecular formula is C28H32BNO3. The average molecular weight is 441 g/mol. The maximum Gasteiger partial charge on any atom is 0.497 e. The molecule has 0 bridgehead atoms. The molecule has 1 fully saturated rings. The third kappa shape index (κ3) is 3.73. The van der Waals surface area contributed by atoms with Crippen molar-refractivity contribution < 1.29 is 13.7 Å². The van der Waals surface area contributed by atoms with E-state index in [2.05, 4.69) is 90.2 Å². The van der Waals surface area contributed by atoms with Crippen molar-refractivity contribution in [3.63, 3.8) is 0 Å². The topological polar surface area (TPSA) is 43.6 Å². The summed E-state index contributed by atoms with van der Waals surface area (Å²) in [5.41, 5.74) is 5.17. The third-order valence-electron chi connectivity index (χ3n) is 7.10. The molecule has 0 spiro atoms. The van der Waals surface area contributed by atoms with Crippen LogP contribution in [0.15, 0.2) is 65.1 Å². The SMILES string of the molecule is CC(C)(C)c1ccc(Nc2ccc3oc4ccccc4c3c2B2OC(C)(C)C(C)(C)O2)cc1. The summed E-state index contributed by atoms with van der Waals surface area (Å²) in [6, 6.07) is 20.8. The summed E-state index contributed by atoms with van der Waals surface area (Å²) >= 11 is 0. The van der Waals surface area contributed by atoms with E-state index in [0.29, 0.717) is 0 Å². The molecule has 2 heterocycles. The smallest absolute Gasteiger partial charge is 0.456 e. The summed E-state index contributed by atoms with van der Waals surface area (Å²) in [6.45, 7) is 15.0. The van der Waals surface area contributed by atoms with Crippen LogP contribution in [0.3, 0.4) is 0 Å². The minimum atomic E-state index is -0.518. The van der Waals surface area contributed by atoms with Crippen molar-refractivity contribution in [3.05, 3.63) is 66.2 Å². The summed E-state index contributed by atoms with van der Waals surface area (Å²) in [5, 5.41) is 5.72. The molecule has 1 aliphatic heterocycles. The van der Waals surface area contributed by atoms with Crippen molar-refractivity contribution in [1.82, 2.24) is 0 Å². The van der Waals surface area contributed by atoms with Gasteiger partial charge in [0.15, 0.2) is 0 Å². The van der Waals surface area contributed by atoms with Gasteiger partial charge in [0.25, 0.3) is 0 Å². The van der Waals surface area contributed by atoms with E-state index in [9.17, 15) is 0 Å². The van der Waals surface area contributed by atoms with Crippen LogP contribution < -0.4 is 10.8 Å². The Morgan fingerprint density at radius 1 is 0.758 bits per heavy atom. The summed E-state index contributed by atoms with van der Waals surface area (Å²) in [6.07, 6.45) is 0. The van der Waals surface area contributed by atoms with Crippen molar-refractivity contribution in [2.24, 2.45) is 0 Å². The number of nitrogens with one attached hydrogen (secondary N) is 1. The van der Waals surface area contributed by atoms with Gasteiger partial charge in [0.1, 0.15) is 11.2 Å². The van der Waals surface area contributed by atoms with E-state index in [1.54, 1.807) is 0 Å². The lowest BCUT2D eigenvalue weighted by Gasteiger charge is -2.32. The minimum Gasteiger partial charge on any atom is -0.456 e. The first-order chi connectivity index (χ1) is 15.5. The number of rotatable bonds is 3. The quantitative estimate of drug-likeness (QED) is 0.350. The molecule has 0 atom stereocenters. The molecular weight excluding hydrogens is 409 g/mol. The van der Waals surface area contributed by atoms with E-state index in [1.807, 2.05) is 24.3 Å². The maximum absolute atomic E-state index is 6.51. The molecule has 4 aromatic rings. The molecule has 1 N–H and O–H groups in total. The number of hydrogen-bond donors (Lipinski definition) is 1. The van der Waals surface area contributed by atoms with Crippen molar-refractivity contribution in [3.8, 4) is 0 Å². The Balaban J connectivity index is 1.66. The molecule has 0 saturated carbocycles. The first kappa shape index (κ1) is 22.1. The number of benzene rings is 3. The van der Waals surface area contributed by atoms with E-state index < -0.39 is 18.3 Å². The first-order valence-corrected chi connectivity index (χ1v) is 11.6. The predicted molar refractivity (Wildman–Crippen MR) is 138 cm³/mol. The molecule has 0 radical (unpaired) electrons. The predicted octanol–water partition coefficient (Wildman–Crippen LogP) is 6.93. The fourth-order valence-electron chi connectivity index (χ4n) is 4.37. The highest BCUT2D eigenvalue weighted by molar-refractivity contribution is 6.68. The number of para-hydroxylation sites is 1. The summed E-state index contributed by atoms with van der Waals surface area (Å²) < 4.78 is 19.2. The van der Waals surface area contributed by atoms with Crippen LogP contribution in [0.2, 0.25) is 0 Å². The zero-order valence-corrected chi connectivity index (χ0v) is 20.6. The molecule has 1 saturated heterocycles. The highest BCUT2D eigenvalue weighted by Crippen LogP contribution is 2.39. The standard InChI is InChI=1S/C28H32BNO3/c1-26(2,3)18-12-14-19(15-13-18)30-21-16-17-23-24(20-10-8-9-11-22(20)31-23)25(21)29-32-27(4,5)28(6,7)33-29/h8-17,30H,1-7H3. The highest BCUT2D eigenvalue weighted by atomic mass is 16.7. The van der Waals surface area contributed by atoms with Crippen LogP contribution in [0, 0.1) is 0 Å². The summed E-state index contributed by atoms with van der Waals surface area (Å²) in [5.74, 6) is 0. The minimum absolute atomic E-state index is 0.112. The van der Waals surface area contributed by atoms with Gasteiger partial charge in [-0.15, -0.1) is 0 Å². The lowest BCUT2D eigenvalue weighted by Crippen LogP contribution is -2.41. The second kappa shape index (κ2) is 7.38. The fourth-order valence-corrected chi connectivity index (χ4v) is 4.37. The van der Waals surface area contributed by atoms with Gasteiger partial charge in [0.2, 0.25) is 0 Å². The number of anilines is 2. The number of hydrogen-bond acceptors (Lipinski definition) is 4. The van der Waals surface area contributed by atoms with Gasteiger partial charge in [0.05, 0.1) is 11.2 Å². The Hall–Kier alpha value is -2.76. The van der Waals surface area contributed by atoms with Gasteiger partial charge < -0.3 is 19.0 Å². The van der Waals surface area contributed by atoms with Gasteiger partial charge in [-0.2, -0.15) is 0 Å². The van der Waals surface area contributed by atoms with Gasteiger partial charge in [0, 0.05) is 27.6 Å². The maximum atomic E-state index is 6.51. The van der Waals surface area contributed by atoms with Crippen LogP contribution in [-0.2, 0) is 14.7 Å². The molecule has 3 aromatic carbocycles.